The second kappa shape index (κ2) is 57.4. The van der Waals surface area contributed by atoms with Crippen molar-refractivity contribution in [1.82, 2.24) is 40.9 Å². The number of hydrogen-bond donors (Lipinski definition) is 9. The minimum atomic E-state index is -1.90. The van der Waals surface area contributed by atoms with Crippen LogP contribution in [-0.4, -0.2) is 237 Å². The van der Waals surface area contributed by atoms with Crippen LogP contribution in [0.25, 0.3) is 0 Å². The summed E-state index contributed by atoms with van der Waals surface area (Å²) in [7, 11) is 0. The van der Waals surface area contributed by atoms with Gasteiger partial charge in [0.15, 0.2) is 6.10 Å². The third kappa shape index (κ3) is 60.9. The number of carbonyl (C=O) groups is 8. The lowest BCUT2D eigenvalue weighted by molar-refractivity contribution is -0.148. The third-order valence-corrected chi connectivity index (χ3v) is 17.6. The fraction of sp³-hybridized carbons (Fsp3) is 0.904. The molecule has 0 bridgehead atoms. The van der Waals surface area contributed by atoms with E-state index in [1.54, 1.807) is 103 Å². The number of aliphatic hydroxyl groups is 5. The van der Waals surface area contributed by atoms with E-state index in [2.05, 4.69) is 21.3 Å². The van der Waals surface area contributed by atoms with Gasteiger partial charge in [0.05, 0.1) is 6.61 Å². The summed E-state index contributed by atoms with van der Waals surface area (Å²) in [4.78, 5) is 112. The molecule has 0 aromatic rings. The molecular formula is C83H160N8O19. The van der Waals surface area contributed by atoms with Crippen molar-refractivity contribution in [2.45, 2.75) is 395 Å². The van der Waals surface area contributed by atoms with E-state index >= 15 is 0 Å². The first kappa shape index (κ1) is 104. The highest BCUT2D eigenvalue weighted by atomic mass is 16.6. The van der Waals surface area contributed by atoms with E-state index in [0.717, 1.165) is 70.6 Å². The molecule has 0 unspecified atom stereocenters. The van der Waals surface area contributed by atoms with Crippen LogP contribution in [0, 0.1) is 5.92 Å². The quantitative estimate of drug-likeness (QED) is 0.0202. The SMILES string of the molecule is CC(C)(C)OC(=O)NCCCN(CCCCN(CC(CCCCCCNC(=O)CCCCCCCCCCCCCCCCCCCCCCCNC(=O)[C@@H](O)[C@@H](O)[C@@H](O)[C@H](O)CO)CN(CCCCN(CCCNC(=O)OC(C)(C)C)C(=O)OC(C)(C)C)C(=O)OC(C)(C)C)C(=O)OC(C)(C)C)C(=O)OC(C)(C)C. The second-order valence-electron chi connectivity index (χ2n) is 35.8. The number of nitrogens with one attached hydrogen (secondary N) is 4. The van der Waals surface area contributed by atoms with Crippen LogP contribution < -0.4 is 21.3 Å². The van der Waals surface area contributed by atoms with Gasteiger partial charge in [-0.15, -0.1) is 0 Å². The Balaban J connectivity index is 5.61. The van der Waals surface area contributed by atoms with E-state index in [-0.39, 0.29) is 38.0 Å². The van der Waals surface area contributed by atoms with Crippen LogP contribution in [0.1, 0.15) is 337 Å². The number of ether oxygens (including phenoxy) is 6. The Bertz CT molecular complexity index is 2380. The first-order valence-corrected chi connectivity index (χ1v) is 42.0. The van der Waals surface area contributed by atoms with E-state index in [1.807, 2.05) is 41.5 Å². The van der Waals surface area contributed by atoms with Crippen LogP contribution in [-0.2, 0) is 38.0 Å². The molecule has 0 spiro atoms. The predicted molar refractivity (Wildman–Crippen MR) is 433 cm³/mol. The highest BCUT2D eigenvalue weighted by molar-refractivity contribution is 5.81. The zero-order valence-electron chi connectivity index (χ0n) is 72.2. The summed E-state index contributed by atoms with van der Waals surface area (Å²) in [5, 5.41) is 59.0. The Morgan fingerprint density at radius 1 is 0.300 bits per heavy atom. The number of alkyl carbamates (subject to hydrolysis) is 2. The number of unbranched alkanes of at least 4 members (excludes halogenated alkanes) is 25. The molecule has 0 aromatic heterocycles. The molecule has 0 aliphatic heterocycles. The molecule has 0 radical (unpaired) electrons. The highest BCUT2D eigenvalue weighted by Crippen LogP contribution is 2.23. The monoisotopic (exact) mass is 1570 g/mol. The molecule has 0 heterocycles. The molecule has 646 valence electrons. The van der Waals surface area contributed by atoms with Gasteiger partial charge in [0, 0.05) is 85.0 Å². The summed E-state index contributed by atoms with van der Waals surface area (Å²) in [6, 6.07) is 0. The van der Waals surface area contributed by atoms with Crippen LogP contribution in [0.15, 0.2) is 0 Å². The molecule has 0 aliphatic carbocycles. The van der Waals surface area contributed by atoms with E-state index in [0.29, 0.717) is 104 Å². The van der Waals surface area contributed by atoms with Crippen molar-refractivity contribution >= 4 is 48.4 Å². The smallest absolute Gasteiger partial charge is 0.410 e. The number of carbonyl (C=O) groups excluding carboxylic acids is 8. The van der Waals surface area contributed by atoms with Crippen LogP contribution in [0.4, 0.5) is 28.8 Å². The Kier molecular flexibility index (Phi) is 54.5. The van der Waals surface area contributed by atoms with Gasteiger partial charge in [-0.2, -0.15) is 0 Å². The molecule has 27 heteroatoms. The number of nitrogens with zero attached hydrogens (tertiary/aromatic N) is 4. The van der Waals surface area contributed by atoms with Crippen molar-refractivity contribution in [3.8, 4) is 0 Å². The molecule has 0 saturated heterocycles. The second-order valence-corrected chi connectivity index (χ2v) is 35.8. The third-order valence-electron chi connectivity index (χ3n) is 17.6. The van der Waals surface area contributed by atoms with Crippen molar-refractivity contribution in [2.24, 2.45) is 5.92 Å². The first-order chi connectivity index (χ1) is 51.3. The van der Waals surface area contributed by atoms with Gasteiger partial charge in [-0.1, -0.05) is 141 Å². The van der Waals surface area contributed by atoms with Gasteiger partial charge in [-0.05, 0) is 195 Å². The highest BCUT2D eigenvalue weighted by Gasteiger charge is 2.35. The largest absolute Gasteiger partial charge is 0.444 e. The maximum Gasteiger partial charge on any atom is 0.410 e. The fourth-order valence-electron chi connectivity index (χ4n) is 12.0. The van der Waals surface area contributed by atoms with Crippen molar-refractivity contribution in [3.63, 3.8) is 0 Å². The maximum absolute atomic E-state index is 14.3. The zero-order chi connectivity index (χ0) is 83.4. The van der Waals surface area contributed by atoms with Crippen LogP contribution >= 0.6 is 0 Å². The Labute approximate surface area is 664 Å². The molecule has 0 aliphatic rings. The van der Waals surface area contributed by atoms with Gasteiger partial charge < -0.3 is 94.8 Å². The molecule has 0 aromatic carbocycles. The van der Waals surface area contributed by atoms with Crippen LogP contribution in [0.5, 0.6) is 0 Å². The molecule has 9 N–H and O–H groups in total. The number of amides is 8. The lowest BCUT2D eigenvalue weighted by Gasteiger charge is -2.34. The fourth-order valence-corrected chi connectivity index (χ4v) is 12.0. The Hall–Kier alpha value is -5.64. The van der Waals surface area contributed by atoms with Crippen molar-refractivity contribution in [3.05, 3.63) is 0 Å². The van der Waals surface area contributed by atoms with Gasteiger partial charge in [-0.25, -0.2) is 28.8 Å². The average molecular weight is 1570 g/mol. The van der Waals surface area contributed by atoms with E-state index < -0.39 is 107 Å². The average Bonchev–Trinajstić information content (AvgIpc) is 0.869. The van der Waals surface area contributed by atoms with Gasteiger partial charge in [0.1, 0.15) is 51.9 Å². The topological polar surface area (TPSA) is 354 Å². The van der Waals surface area contributed by atoms with Crippen molar-refractivity contribution < 1.29 is 92.3 Å². The molecule has 0 saturated carbocycles. The summed E-state index contributed by atoms with van der Waals surface area (Å²) in [6.07, 6.45) is 21.7. The lowest BCUT2D eigenvalue weighted by atomic mass is 9.98. The van der Waals surface area contributed by atoms with Gasteiger partial charge in [-0.3, -0.25) is 9.59 Å². The molecule has 110 heavy (non-hydrogen) atoms. The van der Waals surface area contributed by atoms with Gasteiger partial charge in [0.2, 0.25) is 5.91 Å². The normalized spacial score (nSPS) is 13.3. The molecule has 0 fully saturated rings. The molecule has 4 atom stereocenters. The van der Waals surface area contributed by atoms with Gasteiger partial charge >= 0.3 is 36.6 Å². The van der Waals surface area contributed by atoms with Gasteiger partial charge in [0.25, 0.3) is 5.91 Å². The Morgan fingerprint density at radius 3 is 0.882 bits per heavy atom. The molecule has 27 nitrogen and oxygen atoms in total. The first-order valence-electron chi connectivity index (χ1n) is 42.0. The minimum Gasteiger partial charge on any atom is -0.444 e. The van der Waals surface area contributed by atoms with Crippen LogP contribution in [0.3, 0.4) is 0 Å². The standard InChI is InChI=1S/C83H160N8O19/c1-78(2,3)105-72(99)86-54-48-60-88(74(101)107-80(7,8)9)56-44-46-58-90(76(103)109-82(13,14)15)62-65(63-91(77(104)110-83(16,17)18)59-47-45-57-89(75(102)108-81(10,11)12)61-49-55-87-73(100)106-79(4,5)6)50-40-37-39-42-52-84-67(94)51-41-36-34-32-30-28-26-24-22-20-19-21-23-25-27-29-31-33-35-38-43-53-85-71(98)70(97)69(96)68(95)66(93)64-92/h65-66,68-70,92-93,95-97H,19-64H2,1-18H3,(H,84,94)(H,85,98)(H,86,99)(H,87,100)/t66-,68+,69+,70+/m1/s1. The van der Waals surface area contributed by atoms with E-state index in [1.165, 1.54) is 89.9 Å². The summed E-state index contributed by atoms with van der Waals surface area (Å²) in [6.45, 7) is 35.5. The summed E-state index contributed by atoms with van der Waals surface area (Å²) in [5.74, 6) is -0.975. The minimum absolute atomic E-state index is 0.0787. The number of hydrogen-bond acceptors (Lipinski definition) is 19. The Morgan fingerprint density at radius 2 is 0.564 bits per heavy atom. The summed E-state index contributed by atoms with van der Waals surface area (Å²) >= 11 is 0. The lowest BCUT2D eigenvalue weighted by Crippen LogP contribution is -2.51. The summed E-state index contributed by atoms with van der Waals surface area (Å²) in [5.41, 5.74) is -4.44. The summed E-state index contributed by atoms with van der Waals surface area (Å²) < 4.78 is 34.5. The van der Waals surface area contributed by atoms with Crippen molar-refractivity contribution in [1.29, 1.82) is 0 Å². The van der Waals surface area contributed by atoms with Crippen LogP contribution in [0.2, 0.25) is 0 Å². The maximum atomic E-state index is 14.3. The van der Waals surface area contributed by atoms with Crippen molar-refractivity contribution in [2.75, 3.05) is 85.1 Å². The number of aliphatic hydroxyl groups excluding tert-OH is 5. The zero-order valence-corrected chi connectivity index (χ0v) is 72.2. The van der Waals surface area contributed by atoms with E-state index in [9.17, 15) is 58.8 Å². The molecular weight excluding hydrogens is 1410 g/mol. The van der Waals surface area contributed by atoms with E-state index in [4.69, 9.17) is 33.5 Å². The molecule has 0 rings (SSSR count). The number of rotatable bonds is 58. The molecule has 8 amide bonds. The predicted octanol–water partition coefficient (Wildman–Crippen LogP) is 15.1.